The second-order valence-corrected chi connectivity index (χ2v) is 9.98. The number of methoxy groups -OCH3 is 1. The van der Waals surface area contributed by atoms with Crippen LogP contribution in [0.2, 0.25) is 0 Å². The topological polar surface area (TPSA) is 129 Å². The van der Waals surface area contributed by atoms with Crippen LogP contribution >= 0.6 is 0 Å². The zero-order valence-electron chi connectivity index (χ0n) is 19.8. The lowest BCUT2D eigenvalue weighted by atomic mass is 10.1. The molecule has 0 amide bonds. The molecule has 2 aromatic heterocycles. The summed E-state index contributed by atoms with van der Waals surface area (Å²) < 4.78 is 71.0. The summed E-state index contributed by atoms with van der Waals surface area (Å²) in [5, 5.41) is -0.114. The second-order valence-electron chi connectivity index (χ2n) is 8.02. The quantitative estimate of drug-likeness (QED) is 0.392. The molecule has 0 spiro atoms. The van der Waals surface area contributed by atoms with Crippen molar-refractivity contribution in [3.63, 3.8) is 0 Å². The van der Waals surface area contributed by atoms with E-state index in [4.69, 9.17) is 14.2 Å². The number of carbonyl (C=O) groups is 1. The molecule has 3 heterocycles. The number of aromatic amines is 1. The SMILES string of the molecule is COC(=O)[C@@H]1COC(c2ccc(-c3cc(Oc4ccc(S(C)(=O)=O)nc4)cc(OC(CF)CF)c3)[nH]2)=N1. The van der Waals surface area contributed by atoms with Crippen LogP contribution in [-0.2, 0) is 24.1 Å². The molecular weight excluding hydrogens is 512 g/mol. The molecule has 1 aliphatic heterocycles. The Labute approximate surface area is 211 Å². The lowest BCUT2D eigenvalue weighted by Crippen LogP contribution is -2.21. The summed E-state index contributed by atoms with van der Waals surface area (Å²) in [6.45, 7) is -2.00. The smallest absolute Gasteiger partial charge is 0.334 e. The minimum atomic E-state index is -3.48. The first kappa shape index (κ1) is 26.1. The fourth-order valence-corrected chi connectivity index (χ4v) is 3.96. The molecule has 3 aromatic rings. The van der Waals surface area contributed by atoms with Crippen molar-refractivity contribution in [2.75, 3.05) is 33.3 Å². The van der Waals surface area contributed by atoms with E-state index in [9.17, 15) is 22.0 Å². The van der Waals surface area contributed by atoms with Gasteiger partial charge < -0.3 is 23.9 Å². The number of carbonyl (C=O) groups excluding carboxylic acids is 1. The molecule has 1 aromatic carbocycles. The minimum Gasteiger partial charge on any atom is -0.485 e. The molecule has 4 rings (SSSR count). The zero-order valence-corrected chi connectivity index (χ0v) is 20.6. The summed E-state index contributed by atoms with van der Waals surface area (Å²) in [5.74, 6) is 0.345. The minimum absolute atomic E-state index is 0.0533. The third kappa shape index (κ3) is 6.23. The van der Waals surface area contributed by atoms with Gasteiger partial charge in [-0.1, -0.05) is 0 Å². The first-order valence-electron chi connectivity index (χ1n) is 11.0. The Balaban J connectivity index is 1.64. The van der Waals surface area contributed by atoms with Gasteiger partial charge in [0.1, 0.15) is 42.9 Å². The Morgan fingerprint density at radius 3 is 2.49 bits per heavy atom. The van der Waals surface area contributed by atoms with Gasteiger partial charge in [-0.25, -0.2) is 32.0 Å². The molecule has 0 saturated carbocycles. The lowest BCUT2D eigenvalue weighted by Gasteiger charge is -2.15. The van der Waals surface area contributed by atoms with E-state index < -0.39 is 41.3 Å². The number of aliphatic imine (C=N–C) groups is 1. The second kappa shape index (κ2) is 10.9. The van der Waals surface area contributed by atoms with E-state index in [1.54, 1.807) is 24.3 Å². The van der Waals surface area contributed by atoms with Gasteiger partial charge in [-0.3, -0.25) is 0 Å². The van der Waals surface area contributed by atoms with Crippen molar-refractivity contribution in [2.24, 2.45) is 4.99 Å². The van der Waals surface area contributed by atoms with Gasteiger partial charge in [-0.2, -0.15) is 0 Å². The fourth-order valence-electron chi connectivity index (χ4n) is 3.40. The number of sulfone groups is 1. The highest BCUT2D eigenvalue weighted by Crippen LogP contribution is 2.33. The molecule has 0 bridgehead atoms. The average molecular weight is 536 g/mol. The highest BCUT2D eigenvalue weighted by molar-refractivity contribution is 7.90. The van der Waals surface area contributed by atoms with E-state index in [1.807, 2.05) is 0 Å². The molecule has 13 heteroatoms. The van der Waals surface area contributed by atoms with Gasteiger partial charge in [0.05, 0.1) is 13.3 Å². The number of H-pyrrole nitrogens is 1. The maximum atomic E-state index is 13.1. The third-order valence-corrected chi connectivity index (χ3v) is 6.20. The number of ether oxygens (including phenoxy) is 4. The molecule has 1 N–H and O–H groups in total. The maximum absolute atomic E-state index is 13.1. The molecular formula is C24H23F2N3O7S. The molecule has 0 radical (unpaired) electrons. The van der Waals surface area contributed by atoms with E-state index in [0.29, 0.717) is 17.0 Å². The molecule has 0 unspecified atom stereocenters. The van der Waals surface area contributed by atoms with E-state index >= 15 is 0 Å². The van der Waals surface area contributed by atoms with Crippen LogP contribution in [0.5, 0.6) is 17.2 Å². The Kier molecular flexibility index (Phi) is 7.71. The van der Waals surface area contributed by atoms with Crippen molar-refractivity contribution in [3.8, 4) is 28.5 Å². The molecule has 1 atom stereocenters. The van der Waals surface area contributed by atoms with Crippen molar-refractivity contribution >= 4 is 21.7 Å². The first-order valence-corrected chi connectivity index (χ1v) is 12.8. The number of hydrogen-bond donors (Lipinski definition) is 1. The van der Waals surface area contributed by atoms with Crippen LogP contribution in [0, 0.1) is 0 Å². The Morgan fingerprint density at radius 1 is 1.11 bits per heavy atom. The zero-order chi connectivity index (χ0) is 26.6. The largest absolute Gasteiger partial charge is 0.485 e. The number of halogens is 2. The number of hydrogen-bond acceptors (Lipinski definition) is 9. The average Bonchev–Trinajstić information content (AvgIpc) is 3.57. The van der Waals surface area contributed by atoms with Crippen molar-refractivity contribution in [3.05, 3.63) is 54.4 Å². The lowest BCUT2D eigenvalue weighted by molar-refractivity contribution is -0.142. The highest BCUT2D eigenvalue weighted by atomic mass is 32.2. The van der Waals surface area contributed by atoms with Crippen LogP contribution in [0.1, 0.15) is 5.69 Å². The molecule has 0 saturated heterocycles. The van der Waals surface area contributed by atoms with Gasteiger partial charge in [0.25, 0.3) is 0 Å². The normalized spacial score (nSPS) is 15.3. The van der Waals surface area contributed by atoms with E-state index in [1.165, 1.54) is 31.5 Å². The van der Waals surface area contributed by atoms with Crippen molar-refractivity contribution < 1.29 is 40.9 Å². The number of esters is 1. The van der Waals surface area contributed by atoms with Crippen molar-refractivity contribution in [1.29, 1.82) is 0 Å². The Bertz CT molecular complexity index is 1400. The van der Waals surface area contributed by atoms with E-state index in [-0.39, 0.29) is 34.8 Å². The fraction of sp³-hybridized carbons (Fsp3) is 0.292. The van der Waals surface area contributed by atoms with Crippen LogP contribution in [0.15, 0.2) is 58.7 Å². The number of nitrogens with zero attached hydrogens (tertiary/aromatic N) is 2. The number of pyridine rings is 1. The van der Waals surface area contributed by atoms with Crippen LogP contribution in [0.3, 0.4) is 0 Å². The van der Waals surface area contributed by atoms with Gasteiger partial charge >= 0.3 is 5.97 Å². The van der Waals surface area contributed by atoms with Gasteiger partial charge in [0, 0.05) is 23.6 Å². The third-order valence-electron chi connectivity index (χ3n) is 5.20. The standard InChI is InChI=1S/C24H23F2N3O7S/c1-33-24(30)21-13-34-23(29-21)20-5-4-19(28-20)14-7-16(9-17(8-14)36-18(10-25)11-26)35-15-3-6-22(27-12-15)37(2,31)32/h3-9,12,18,21,28H,10-11,13H2,1-2H3/t21-/m0/s1. The van der Waals surface area contributed by atoms with Crippen LogP contribution < -0.4 is 9.47 Å². The Hall–Kier alpha value is -4.00. The predicted octanol–water partition coefficient (Wildman–Crippen LogP) is 3.28. The van der Waals surface area contributed by atoms with Crippen molar-refractivity contribution in [2.45, 2.75) is 17.2 Å². The van der Waals surface area contributed by atoms with Crippen LogP contribution in [0.4, 0.5) is 8.78 Å². The first-order chi connectivity index (χ1) is 17.7. The molecule has 196 valence electrons. The summed E-state index contributed by atoms with van der Waals surface area (Å²) in [4.78, 5) is 22.9. The van der Waals surface area contributed by atoms with Crippen LogP contribution in [0.25, 0.3) is 11.3 Å². The van der Waals surface area contributed by atoms with Crippen LogP contribution in [-0.4, -0.2) is 75.7 Å². The summed E-state index contributed by atoms with van der Waals surface area (Å²) in [6, 6.07) is 10.0. The number of benzene rings is 1. The molecule has 0 aliphatic carbocycles. The van der Waals surface area contributed by atoms with Gasteiger partial charge in [0.15, 0.2) is 27.0 Å². The van der Waals surface area contributed by atoms with Gasteiger partial charge in [-0.05, 0) is 36.4 Å². The molecule has 10 nitrogen and oxygen atoms in total. The monoisotopic (exact) mass is 535 g/mol. The summed E-state index contributed by atoms with van der Waals surface area (Å²) >= 11 is 0. The summed E-state index contributed by atoms with van der Waals surface area (Å²) in [6.07, 6.45) is 0.988. The Morgan fingerprint density at radius 2 is 1.84 bits per heavy atom. The molecule has 1 aliphatic rings. The van der Waals surface area contributed by atoms with E-state index in [0.717, 1.165) is 6.26 Å². The number of alkyl halides is 2. The number of nitrogens with one attached hydrogen (secondary N) is 1. The van der Waals surface area contributed by atoms with Crippen molar-refractivity contribution in [1.82, 2.24) is 9.97 Å². The molecule has 0 fully saturated rings. The predicted molar refractivity (Wildman–Crippen MR) is 128 cm³/mol. The summed E-state index contributed by atoms with van der Waals surface area (Å²) in [7, 11) is -2.22. The van der Waals surface area contributed by atoms with Gasteiger partial charge in [0.2, 0.25) is 5.90 Å². The molecule has 37 heavy (non-hydrogen) atoms. The number of rotatable bonds is 10. The van der Waals surface area contributed by atoms with Gasteiger partial charge in [-0.15, -0.1) is 0 Å². The summed E-state index contributed by atoms with van der Waals surface area (Å²) in [5.41, 5.74) is 1.61. The van der Waals surface area contributed by atoms with E-state index in [2.05, 4.69) is 19.7 Å². The number of aromatic nitrogens is 2. The maximum Gasteiger partial charge on any atom is 0.334 e. The highest BCUT2D eigenvalue weighted by Gasteiger charge is 2.28.